The fourth-order valence-electron chi connectivity index (χ4n) is 2.38. The minimum Gasteiger partial charge on any atom is -0.358 e. The van der Waals surface area contributed by atoms with Crippen LogP contribution >= 0.6 is 38.5 Å². The van der Waals surface area contributed by atoms with Crippen LogP contribution in [0.1, 0.15) is 21.6 Å². The number of carbonyl (C=O) groups is 1. The number of carbonyl (C=O) groups excluding carboxylic acids is 1. The molecule has 3 rings (SSSR count). The Morgan fingerprint density at radius 3 is 2.75 bits per heavy atom. The molecule has 0 saturated heterocycles. The fraction of sp³-hybridized carbons (Fsp3) is 0.0625. The number of rotatable bonds is 2. The summed E-state index contributed by atoms with van der Waals surface area (Å²) >= 11 is 5.69. The number of H-pyrrole nitrogens is 1. The van der Waals surface area contributed by atoms with Crippen molar-refractivity contribution in [3.63, 3.8) is 0 Å². The summed E-state index contributed by atoms with van der Waals surface area (Å²) in [6, 6.07) is 13.7. The Balaban J connectivity index is 2.22. The number of benzene rings is 2. The van der Waals surface area contributed by atoms with Gasteiger partial charge in [-0.3, -0.25) is 4.79 Å². The van der Waals surface area contributed by atoms with Crippen LogP contribution in [0.3, 0.4) is 0 Å². The summed E-state index contributed by atoms with van der Waals surface area (Å²) in [5.74, 6) is 0.0466. The third kappa shape index (κ3) is 2.31. The first-order chi connectivity index (χ1) is 9.58. The lowest BCUT2D eigenvalue weighted by Crippen LogP contribution is -2.04. The predicted molar refractivity (Wildman–Crippen MR) is 93.3 cm³/mol. The highest BCUT2D eigenvalue weighted by Gasteiger charge is 2.19. The van der Waals surface area contributed by atoms with E-state index in [1.54, 1.807) is 0 Å². The zero-order chi connectivity index (χ0) is 14.3. The normalized spacial score (nSPS) is 10.9. The second kappa shape index (κ2) is 5.33. The van der Waals surface area contributed by atoms with E-state index in [9.17, 15) is 4.79 Å². The van der Waals surface area contributed by atoms with Crippen molar-refractivity contribution >= 4 is 55.2 Å². The smallest absolute Gasteiger partial charge is 0.196 e. The monoisotopic (exact) mass is 439 g/mol. The molecule has 1 aromatic heterocycles. The van der Waals surface area contributed by atoms with Crippen LogP contribution in [-0.4, -0.2) is 10.8 Å². The number of hydrogen-bond donors (Lipinski definition) is 1. The van der Waals surface area contributed by atoms with Gasteiger partial charge in [-0.2, -0.15) is 0 Å². The van der Waals surface area contributed by atoms with Crippen LogP contribution in [0.5, 0.6) is 0 Å². The van der Waals surface area contributed by atoms with Gasteiger partial charge in [-0.25, -0.2) is 0 Å². The minimum atomic E-state index is 0.0466. The van der Waals surface area contributed by atoms with E-state index in [-0.39, 0.29) is 5.78 Å². The number of aromatic nitrogens is 1. The maximum absolute atomic E-state index is 12.9. The lowest BCUT2D eigenvalue weighted by Gasteiger charge is -2.05. The molecule has 4 heteroatoms. The van der Waals surface area contributed by atoms with Gasteiger partial charge in [0.15, 0.2) is 5.78 Å². The van der Waals surface area contributed by atoms with Crippen molar-refractivity contribution < 1.29 is 4.79 Å². The van der Waals surface area contributed by atoms with E-state index in [2.05, 4.69) is 43.5 Å². The molecule has 1 heterocycles. The standard InChI is InChI=1S/C16H11BrINO/c1-9-15(11-4-2-3-5-14(11)19-9)16(20)12-8-10(18)6-7-13(12)17/h2-8,19H,1H3. The molecule has 0 unspecified atom stereocenters. The Labute approximate surface area is 138 Å². The number of hydrogen-bond acceptors (Lipinski definition) is 1. The molecular formula is C16H11BrINO. The Hall–Kier alpha value is -1.14. The van der Waals surface area contributed by atoms with Crippen molar-refractivity contribution in [2.75, 3.05) is 0 Å². The number of halogens is 2. The number of ketones is 1. The highest BCUT2D eigenvalue weighted by molar-refractivity contribution is 14.1. The molecule has 0 amide bonds. The van der Waals surface area contributed by atoms with Gasteiger partial charge >= 0.3 is 0 Å². The highest BCUT2D eigenvalue weighted by atomic mass is 127. The van der Waals surface area contributed by atoms with Gasteiger partial charge in [0.2, 0.25) is 0 Å². The molecule has 1 N–H and O–H groups in total. The van der Waals surface area contributed by atoms with Crippen LogP contribution in [0.4, 0.5) is 0 Å². The number of aromatic amines is 1. The van der Waals surface area contributed by atoms with Crippen molar-refractivity contribution in [1.29, 1.82) is 0 Å². The predicted octanol–water partition coefficient (Wildman–Crippen LogP) is 5.07. The SMILES string of the molecule is Cc1[nH]c2ccccc2c1C(=O)c1cc(I)ccc1Br. The van der Waals surface area contributed by atoms with Gasteiger partial charge in [0.25, 0.3) is 0 Å². The Morgan fingerprint density at radius 2 is 1.95 bits per heavy atom. The van der Waals surface area contributed by atoms with E-state index >= 15 is 0 Å². The van der Waals surface area contributed by atoms with Crippen LogP contribution in [-0.2, 0) is 0 Å². The molecule has 2 nitrogen and oxygen atoms in total. The summed E-state index contributed by atoms with van der Waals surface area (Å²) in [7, 11) is 0. The third-order valence-corrected chi connectivity index (χ3v) is 4.66. The second-order valence-electron chi connectivity index (χ2n) is 4.62. The fourth-order valence-corrected chi connectivity index (χ4v) is 3.29. The number of fused-ring (bicyclic) bond motifs is 1. The molecule has 2 aromatic carbocycles. The summed E-state index contributed by atoms with van der Waals surface area (Å²) in [6.45, 7) is 1.94. The molecule has 20 heavy (non-hydrogen) atoms. The van der Waals surface area contributed by atoms with Crippen LogP contribution in [0.15, 0.2) is 46.9 Å². The molecular weight excluding hydrogens is 429 g/mol. The number of nitrogens with one attached hydrogen (secondary N) is 1. The number of para-hydroxylation sites is 1. The third-order valence-electron chi connectivity index (χ3n) is 3.29. The summed E-state index contributed by atoms with van der Waals surface area (Å²) in [4.78, 5) is 16.1. The average Bonchev–Trinajstić information content (AvgIpc) is 2.76. The Morgan fingerprint density at radius 1 is 1.20 bits per heavy atom. The van der Waals surface area contributed by atoms with E-state index in [4.69, 9.17) is 0 Å². The molecule has 0 fully saturated rings. The van der Waals surface area contributed by atoms with Crippen molar-refractivity contribution in [2.45, 2.75) is 6.92 Å². The summed E-state index contributed by atoms with van der Waals surface area (Å²) in [5, 5.41) is 0.973. The lowest BCUT2D eigenvalue weighted by atomic mass is 10.0. The molecule has 0 atom stereocenters. The molecule has 0 radical (unpaired) electrons. The van der Waals surface area contributed by atoms with Gasteiger partial charge in [-0.15, -0.1) is 0 Å². The van der Waals surface area contributed by atoms with Gasteiger partial charge < -0.3 is 4.98 Å². The Kier molecular flexibility index (Phi) is 3.69. The topological polar surface area (TPSA) is 32.9 Å². The van der Waals surface area contributed by atoms with Crippen LogP contribution in [0.25, 0.3) is 10.9 Å². The Bertz CT molecular complexity index is 822. The van der Waals surface area contributed by atoms with Gasteiger partial charge in [0, 0.05) is 30.2 Å². The van der Waals surface area contributed by atoms with Gasteiger partial charge in [-0.1, -0.05) is 34.1 Å². The first-order valence-electron chi connectivity index (χ1n) is 6.15. The summed E-state index contributed by atoms with van der Waals surface area (Å²) in [5.41, 5.74) is 3.35. The minimum absolute atomic E-state index is 0.0466. The molecule has 100 valence electrons. The van der Waals surface area contributed by atoms with Gasteiger partial charge in [-0.05, 0) is 53.8 Å². The summed E-state index contributed by atoms with van der Waals surface area (Å²) in [6.07, 6.45) is 0. The maximum atomic E-state index is 12.9. The van der Waals surface area contributed by atoms with Crippen molar-refractivity contribution in [1.82, 2.24) is 4.98 Å². The van der Waals surface area contributed by atoms with E-state index < -0.39 is 0 Å². The molecule has 0 aliphatic carbocycles. The molecule has 0 aliphatic rings. The van der Waals surface area contributed by atoms with Gasteiger partial charge in [0.05, 0.1) is 5.56 Å². The summed E-state index contributed by atoms with van der Waals surface area (Å²) < 4.78 is 1.87. The quantitative estimate of drug-likeness (QED) is 0.438. The van der Waals surface area contributed by atoms with Crippen molar-refractivity contribution in [3.05, 3.63) is 67.3 Å². The molecule has 0 bridgehead atoms. The van der Waals surface area contributed by atoms with Crippen molar-refractivity contribution in [2.24, 2.45) is 0 Å². The largest absolute Gasteiger partial charge is 0.358 e. The highest BCUT2D eigenvalue weighted by Crippen LogP contribution is 2.28. The second-order valence-corrected chi connectivity index (χ2v) is 6.72. The van der Waals surface area contributed by atoms with E-state index in [0.29, 0.717) is 5.56 Å². The van der Waals surface area contributed by atoms with Crippen LogP contribution in [0, 0.1) is 10.5 Å². The lowest BCUT2D eigenvalue weighted by molar-refractivity contribution is 0.103. The first kappa shape index (κ1) is 13.8. The average molecular weight is 440 g/mol. The van der Waals surface area contributed by atoms with E-state index in [0.717, 1.165) is 30.2 Å². The molecule has 0 spiro atoms. The zero-order valence-corrected chi connectivity index (χ0v) is 14.4. The van der Waals surface area contributed by atoms with Crippen molar-refractivity contribution in [3.8, 4) is 0 Å². The van der Waals surface area contributed by atoms with Crippen LogP contribution in [0.2, 0.25) is 0 Å². The molecule has 0 aliphatic heterocycles. The molecule has 0 saturated carbocycles. The van der Waals surface area contributed by atoms with Gasteiger partial charge in [0.1, 0.15) is 0 Å². The molecule has 3 aromatic rings. The first-order valence-corrected chi connectivity index (χ1v) is 8.02. The van der Waals surface area contributed by atoms with E-state index in [1.165, 1.54) is 0 Å². The van der Waals surface area contributed by atoms with Crippen LogP contribution < -0.4 is 0 Å². The van der Waals surface area contributed by atoms with E-state index in [1.807, 2.05) is 49.4 Å². The zero-order valence-electron chi connectivity index (χ0n) is 10.7. The maximum Gasteiger partial charge on any atom is 0.196 e. The number of aryl methyl sites for hydroxylation is 1.